The lowest BCUT2D eigenvalue weighted by atomic mass is 9.97. The van der Waals surface area contributed by atoms with Gasteiger partial charge in [-0.15, -0.1) is 9.24 Å². The van der Waals surface area contributed by atoms with Gasteiger partial charge < -0.3 is 4.74 Å². The summed E-state index contributed by atoms with van der Waals surface area (Å²) in [5.41, 5.74) is 2.67. The van der Waals surface area contributed by atoms with E-state index < -0.39 is 0 Å². The Hall–Kier alpha value is -1.04. The second-order valence-electron chi connectivity index (χ2n) is 7.57. The second-order valence-corrected chi connectivity index (χ2v) is 8.57. The summed E-state index contributed by atoms with van der Waals surface area (Å²) in [5, 5.41) is 1.61. The van der Waals surface area contributed by atoms with Crippen molar-refractivity contribution in [2.45, 2.75) is 53.4 Å². The first-order valence-corrected chi connectivity index (χ1v) is 10.2. The number of aryl methyl sites for hydroxylation is 2. The molecule has 0 aliphatic carbocycles. The third-order valence-corrected chi connectivity index (χ3v) is 5.41. The molecule has 0 aliphatic heterocycles. The normalized spacial score (nSPS) is 11.4. The van der Waals surface area contributed by atoms with Gasteiger partial charge in [0.05, 0.1) is 5.02 Å². The molecule has 1 unspecified atom stereocenters. The van der Waals surface area contributed by atoms with Gasteiger partial charge in [-0.1, -0.05) is 63.6 Å². The number of hydrogen-bond acceptors (Lipinski definition) is 1. The Balaban J connectivity index is 2.26. The van der Waals surface area contributed by atoms with Crippen LogP contribution in [0.25, 0.3) is 0 Å². The molecule has 0 saturated heterocycles. The van der Waals surface area contributed by atoms with Gasteiger partial charge in [-0.3, -0.25) is 0 Å². The third-order valence-electron chi connectivity index (χ3n) is 4.34. The van der Waals surface area contributed by atoms with Crippen LogP contribution in [-0.2, 0) is 12.8 Å². The van der Waals surface area contributed by atoms with E-state index in [1.54, 1.807) is 0 Å². The van der Waals surface area contributed by atoms with E-state index in [2.05, 4.69) is 55.1 Å². The Morgan fingerprint density at radius 1 is 0.920 bits per heavy atom. The summed E-state index contributed by atoms with van der Waals surface area (Å²) in [7, 11) is 2.65. The minimum atomic E-state index is 0.659. The molecule has 0 aliphatic rings. The Bertz CT molecular complexity index is 694. The second kappa shape index (κ2) is 9.60. The highest BCUT2D eigenvalue weighted by Gasteiger charge is 2.11. The van der Waals surface area contributed by atoms with E-state index in [9.17, 15) is 0 Å². The summed E-state index contributed by atoms with van der Waals surface area (Å²) < 4.78 is 6.19. The monoisotopic (exact) mass is 376 g/mol. The summed E-state index contributed by atoms with van der Waals surface area (Å²) in [5.74, 6) is 3.03. The molecule has 2 rings (SSSR count). The topological polar surface area (TPSA) is 9.23 Å². The Kier molecular flexibility index (Phi) is 7.79. The zero-order valence-electron chi connectivity index (χ0n) is 15.8. The minimum Gasteiger partial charge on any atom is -0.455 e. The van der Waals surface area contributed by atoms with Crippen molar-refractivity contribution in [3.8, 4) is 11.5 Å². The van der Waals surface area contributed by atoms with Crippen LogP contribution < -0.4 is 10.0 Å². The standard InChI is InChI=1S/C22H30ClOP/c1-15(2)8-10-17-11-13-19(18(14-17)12-9-16(3)4)24-20-6-5-7-21(25)22(20)23/h5-7,11,13-16H,8-10,12,25H2,1-4H3. The fourth-order valence-electron chi connectivity index (χ4n) is 2.71. The van der Waals surface area contributed by atoms with Crippen LogP contribution in [0.3, 0.4) is 0 Å². The Labute approximate surface area is 160 Å². The maximum atomic E-state index is 6.39. The van der Waals surface area contributed by atoms with Gasteiger partial charge in [0.1, 0.15) is 11.5 Å². The highest BCUT2D eigenvalue weighted by molar-refractivity contribution is 7.28. The van der Waals surface area contributed by atoms with Crippen LogP contribution in [0.2, 0.25) is 5.02 Å². The van der Waals surface area contributed by atoms with Gasteiger partial charge in [0.15, 0.2) is 0 Å². The maximum absolute atomic E-state index is 6.39. The number of benzene rings is 2. The summed E-state index contributed by atoms with van der Waals surface area (Å²) in [4.78, 5) is 0. The number of ether oxygens (including phenoxy) is 1. The smallest absolute Gasteiger partial charge is 0.146 e. The molecule has 1 atom stereocenters. The van der Waals surface area contributed by atoms with E-state index in [1.165, 1.54) is 17.5 Å². The molecule has 2 aromatic carbocycles. The van der Waals surface area contributed by atoms with Crippen molar-refractivity contribution in [1.82, 2.24) is 0 Å². The number of halogens is 1. The molecule has 0 heterocycles. The molecule has 0 amide bonds. The lowest BCUT2D eigenvalue weighted by Crippen LogP contribution is -2.00. The zero-order chi connectivity index (χ0) is 18.4. The van der Waals surface area contributed by atoms with Crippen LogP contribution in [0, 0.1) is 11.8 Å². The quantitative estimate of drug-likeness (QED) is 0.460. The van der Waals surface area contributed by atoms with Crippen molar-refractivity contribution < 1.29 is 4.74 Å². The van der Waals surface area contributed by atoms with Gasteiger partial charge in [0.25, 0.3) is 0 Å². The van der Waals surface area contributed by atoms with Gasteiger partial charge in [0.2, 0.25) is 0 Å². The Morgan fingerprint density at radius 3 is 2.28 bits per heavy atom. The molecule has 25 heavy (non-hydrogen) atoms. The van der Waals surface area contributed by atoms with Crippen LogP contribution >= 0.6 is 20.8 Å². The fraction of sp³-hybridized carbons (Fsp3) is 0.455. The first kappa shape index (κ1) is 20.3. The molecule has 0 fully saturated rings. The first-order chi connectivity index (χ1) is 11.9. The first-order valence-electron chi connectivity index (χ1n) is 9.20. The van der Waals surface area contributed by atoms with Gasteiger partial charge >= 0.3 is 0 Å². The Morgan fingerprint density at radius 2 is 1.60 bits per heavy atom. The van der Waals surface area contributed by atoms with Crippen LogP contribution in [0.5, 0.6) is 11.5 Å². The molecule has 1 nitrogen and oxygen atoms in total. The predicted octanol–water partition coefficient (Wildman–Crippen LogP) is 6.81. The molecule has 0 aromatic heterocycles. The molecule has 0 radical (unpaired) electrons. The van der Waals surface area contributed by atoms with Gasteiger partial charge in [-0.05, 0) is 66.1 Å². The van der Waals surface area contributed by atoms with Gasteiger partial charge in [-0.25, -0.2) is 0 Å². The number of rotatable bonds is 8. The molecule has 0 N–H and O–H groups in total. The molecule has 136 valence electrons. The van der Waals surface area contributed by atoms with Crippen molar-refractivity contribution in [3.63, 3.8) is 0 Å². The van der Waals surface area contributed by atoms with Crippen LogP contribution in [0.15, 0.2) is 36.4 Å². The SMILES string of the molecule is CC(C)CCc1ccc(Oc2cccc(P)c2Cl)c(CCC(C)C)c1. The molecule has 0 spiro atoms. The van der Waals surface area contributed by atoms with Crippen LogP contribution in [-0.4, -0.2) is 0 Å². The van der Waals surface area contributed by atoms with E-state index in [-0.39, 0.29) is 0 Å². The highest BCUT2D eigenvalue weighted by atomic mass is 35.5. The lowest BCUT2D eigenvalue weighted by molar-refractivity contribution is 0.471. The van der Waals surface area contributed by atoms with Gasteiger partial charge in [0, 0.05) is 0 Å². The van der Waals surface area contributed by atoms with Crippen LogP contribution in [0.1, 0.15) is 51.7 Å². The van der Waals surface area contributed by atoms with Crippen molar-refractivity contribution in [3.05, 3.63) is 52.5 Å². The van der Waals surface area contributed by atoms with E-state index in [1.807, 2.05) is 18.2 Å². The number of hydrogen-bond donors (Lipinski definition) is 0. The summed E-state index contributed by atoms with van der Waals surface area (Å²) in [6.45, 7) is 9.07. The largest absolute Gasteiger partial charge is 0.455 e. The lowest BCUT2D eigenvalue weighted by Gasteiger charge is -2.16. The fourth-order valence-corrected chi connectivity index (χ4v) is 3.13. The molecule has 2 aromatic rings. The maximum Gasteiger partial charge on any atom is 0.146 e. The van der Waals surface area contributed by atoms with E-state index in [4.69, 9.17) is 16.3 Å². The van der Waals surface area contributed by atoms with Crippen molar-refractivity contribution in [1.29, 1.82) is 0 Å². The van der Waals surface area contributed by atoms with Gasteiger partial charge in [-0.2, -0.15) is 0 Å². The van der Waals surface area contributed by atoms with Crippen molar-refractivity contribution in [2.75, 3.05) is 0 Å². The van der Waals surface area contributed by atoms with Crippen molar-refractivity contribution >= 4 is 26.1 Å². The summed E-state index contributed by atoms with van der Waals surface area (Å²) >= 11 is 6.39. The highest BCUT2D eigenvalue weighted by Crippen LogP contribution is 2.32. The summed E-state index contributed by atoms with van der Waals surface area (Å²) in [6, 6.07) is 12.5. The average molecular weight is 377 g/mol. The minimum absolute atomic E-state index is 0.659. The molecule has 0 saturated carbocycles. The molecule has 0 bridgehead atoms. The van der Waals surface area contributed by atoms with E-state index in [0.717, 1.165) is 42.0 Å². The van der Waals surface area contributed by atoms with Crippen molar-refractivity contribution in [2.24, 2.45) is 11.8 Å². The summed E-state index contributed by atoms with van der Waals surface area (Å²) in [6.07, 6.45) is 4.52. The molecular weight excluding hydrogens is 347 g/mol. The average Bonchev–Trinajstić information content (AvgIpc) is 2.56. The van der Waals surface area contributed by atoms with Crippen LogP contribution in [0.4, 0.5) is 0 Å². The zero-order valence-corrected chi connectivity index (χ0v) is 17.7. The molecule has 3 heteroatoms. The molecular formula is C22H30ClOP. The van der Waals surface area contributed by atoms with E-state index >= 15 is 0 Å². The predicted molar refractivity (Wildman–Crippen MR) is 114 cm³/mol. The third kappa shape index (κ3) is 6.32. The van der Waals surface area contributed by atoms with E-state index in [0.29, 0.717) is 10.9 Å².